The second-order valence-corrected chi connectivity index (χ2v) is 9.63. The third-order valence-corrected chi connectivity index (χ3v) is 7.10. The van der Waals surface area contributed by atoms with Gasteiger partial charge in [0.1, 0.15) is 6.07 Å². The maximum Gasteiger partial charge on any atom is 0.101 e. The van der Waals surface area contributed by atoms with Gasteiger partial charge in [0.2, 0.25) is 0 Å². The van der Waals surface area contributed by atoms with Gasteiger partial charge in [0, 0.05) is 76.5 Å². The van der Waals surface area contributed by atoms with E-state index in [-0.39, 0.29) is 0 Å². The van der Waals surface area contributed by atoms with Crippen molar-refractivity contribution in [3.8, 4) is 6.07 Å². The lowest BCUT2D eigenvalue weighted by Gasteiger charge is -2.39. The van der Waals surface area contributed by atoms with E-state index in [0.29, 0.717) is 0 Å². The summed E-state index contributed by atoms with van der Waals surface area (Å²) in [6, 6.07) is 15.6. The second kappa shape index (κ2) is 10.4. The summed E-state index contributed by atoms with van der Waals surface area (Å²) < 4.78 is 0. The molecule has 0 atom stereocenters. The number of anilines is 4. The van der Waals surface area contributed by atoms with Gasteiger partial charge in [0.15, 0.2) is 0 Å². The van der Waals surface area contributed by atoms with Crippen molar-refractivity contribution in [1.82, 2.24) is 4.90 Å². The van der Waals surface area contributed by atoms with Crippen LogP contribution < -0.4 is 19.6 Å². The first kappa shape index (κ1) is 23.3. The molecule has 6 nitrogen and oxygen atoms in total. The average molecular weight is 447 g/mol. The zero-order chi connectivity index (χ0) is 23.4. The SMILES string of the molecule is Cc1c(N(C)CCN(C)C)ccc(C#N)c1N1CCN(c2ccc(N3CCCC3)cc2)CC1. The standard InChI is InChI=1S/C27H38N6/c1-22-26(30(4)16-15-29(2)3)12-7-23(21-28)27(22)33-19-17-32(18-20-33)25-10-8-24(9-11-25)31-13-5-6-14-31/h7-12H,5-6,13-20H2,1-4H3. The first-order valence-corrected chi connectivity index (χ1v) is 12.2. The molecular formula is C27H38N6. The fraction of sp³-hybridized carbons (Fsp3) is 0.519. The zero-order valence-electron chi connectivity index (χ0n) is 20.7. The minimum Gasteiger partial charge on any atom is -0.373 e. The van der Waals surface area contributed by atoms with E-state index in [1.165, 1.54) is 48.6 Å². The Hall–Kier alpha value is -2.91. The molecule has 2 aliphatic heterocycles. The molecule has 0 saturated carbocycles. The molecule has 2 aromatic rings. The predicted octanol–water partition coefficient (Wildman–Crippen LogP) is 3.79. The number of nitrogens with zero attached hydrogens (tertiary/aromatic N) is 6. The van der Waals surface area contributed by atoms with Crippen LogP contribution in [0.15, 0.2) is 36.4 Å². The molecule has 2 saturated heterocycles. The molecule has 2 heterocycles. The summed E-state index contributed by atoms with van der Waals surface area (Å²) in [6.07, 6.45) is 2.61. The molecule has 0 aromatic heterocycles. The summed E-state index contributed by atoms with van der Waals surface area (Å²) in [6.45, 7) is 10.3. The molecule has 0 radical (unpaired) electrons. The van der Waals surface area contributed by atoms with Crippen LogP contribution >= 0.6 is 0 Å². The molecule has 0 unspecified atom stereocenters. The van der Waals surface area contributed by atoms with Crippen LogP contribution in [0.3, 0.4) is 0 Å². The molecular weight excluding hydrogens is 408 g/mol. The Balaban J connectivity index is 1.45. The molecule has 0 aliphatic carbocycles. The summed E-state index contributed by atoms with van der Waals surface area (Å²) in [5, 5.41) is 9.81. The van der Waals surface area contributed by atoms with Crippen molar-refractivity contribution in [2.24, 2.45) is 0 Å². The van der Waals surface area contributed by atoms with E-state index in [4.69, 9.17) is 0 Å². The van der Waals surface area contributed by atoms with Crippen LogP contribution in [0.5, 0.6) is 0 Å². The van der Waals surface area contributed by atoms with Crippen LogP contribution in [0.2, 0.25) is 0 Å². The molecule has 0 spiro atoms. The Morgan fingerprint density at radius 2 is 1.30 bits per heavy atom. The lowest BCUT2D eigenvalue weighted by molar-refractivity contribution is 0.416. The molecule has 2 aliphatic rings. The number of nitriles is 1. The minimum absolute atomic E-state index is 0.778. The van der Waals surface area contributed by atoms with Crippen molar-refractivity contribution in [2.45, 2.75) is 19.8 Å². The molecule has 0 amide bonds. The highest BCUT2D eigenvalue weighted by Crippen LogP contribution is 2.34. The van der Waals surface area contributed by atoms with Gasteiger partial charge >= 0.3 is 0 Å². The van der Waals surface area contributed by atoms with Gasteiger partial charge in [-0.2, -0.15) is 5.26 Å². The third kappa shape index (κ3) is 5.20. The van der Waals surface area contributed by atoms with Crippen molar-refractivity contribution in [3.63, 3.8) is 0 Å². The largest absolute Gasteiger partial charge is 0.373 e. The smallest absolute Gasteiger partial charge is 0.101 e. The van der Waals surface area contributed by atoms with E-state index in [9.17, 15) is 5.26 Å². The van der Waals surface area contributed by atoms with Crippen LogP contribution in [-0.2, 0) is 0 Å². The van der Waals surface area contributed by atoms with Crippen LogP contribution in [0.1, 0.15) is 24.0 Å². The van der Waals surface area contributed by atoms with E-state index < -0.39 is 0 Å². The quantitative estimate of drug-likeness (QED) is 0.645. The molecule has 0 N–H and O–H groups in total. The maximum atomic E-state index is 9.81. The van der Waals surface area contributed by atoms with Crippen LogP contribution in [-0.4, -0.2) is 78.4 Å². The van der Waals surface area contributed by atoms with Crippen molar-refractivity contribution in [1.29, 1.82) is 5.26 Å². The highest BCUT2D eigenvalue weighted by atomic mass is 15.3. The van der Waals surface area contributed by atoms with Crippen molar-refractivity contribution < 1.29 is 0 Å². The molecule has 2 fully saturated rings. The number of rotatable bonds is 7. The fourth-order valence-electron chi connectivity index (χ4n) is 5.11. The first-order valence-electron chi connectivity index (χ1n) is 12.2. The Morgan fingerprint density at radius 1 is 0.758 bits per heavy atom. The lowest BCUT2D eigenvalue weighted by atomic mass is 10.0. The van der Waals surface area contributed by atoms with Gasteiger partial charge in [0.05, 0.1) is 11.3 Å². The summed E-state index contributed by atoms with van der Waals surface area (Å²) in [5.74, 6) is 0. The average Bonchev–Trinajstić information content (AvgIpc) is 3.37. The Morgan fingerprint density at radius 3 is 1.85 bits per heavy atom. The molecule has 0 bridgehead atoms. The van der Waals surface area contributed by atoms with Gasteiger partial charge in [-0.1, -0.05) is 0 Å². The molecule has 33 heavy (non-hydrogen) atoms. The molecule has 2 aromatic carbocycles. The van der Waals surface area contributed by atoms with Crippen LogP contribution in [0.25, 0.3) is 0 Å². The third-order valence-electron chi connectivity index (χ3n) is 7.10. The van der Waals surface area contributed by atoms with E-state index in [1.807, 2.05) is 6.07 Å². The monoisotopic (exact) mass is 446 g/mol. The van der Waals surface area contributed by atoms with Gasteiger partial charge in [-0.05, 0) is 75.8 Å². The van der Waals surface area contributed by atoms with Gasteiger partial charge in [-0.15, -0.1) is 0 Å². The predicted molar refractivity (Wildman–Crippen MR) is 140 cm³/mol. The number of likely N-dealkylation sites (N-methyl/N-ethyl adjacent to an activating group) is 2. The highest BCUT2D eigenvalue weighted by Gasteiger charge is 2.23. The Bertz CT molecular complexity index is 963. The normalized spacial score (nSPS) is 16.4. The van der Waals surface area contributed by atoms with E-state index in [2.05, 4.69) is 89.0 Å². The minimum atomic E-state index is 0.778. The number of hydrogen-bond donors (Lipinski definition) is 0. The molecule has 176 valence electrons. The topological polar surface area (TPSA) is 40.0 Å². The summed E-state index contributed by atoms with van der Waals surface area (Å²) >= 11 is 0. The van der Waals surface area contributed by atoms with E-state index in [1.54, 1.807) is 0 Å². The number of benzene rings is 2. The number of piperazine rings is 1. The van der Waals surface area contributed by atoms with E-state index >= 15 is 0 Å². The maximum absolute atomic E-state index is 9.81. The van der Waals surface area contributed by atoms with Crippen LogP contribution in [0.4, 0.5) is 22.7 Å². The van der Waals surface area contributed by atoms with E-state index in [0.717, 1.165) is 50.5 Å². The van der Waals surface area contributed by atoms with Gasteiger partial charge in [-0.25, -0.2) is 0 Å². The van der Waals surface area contributed by atoms with Gasteiger partial charge in [-0.3, -0.25) is 0 Å². The van der Waals surface area contributed by atoms with Gasteiger partial charge in [0.25, 0.3) is 0 Å². The Labute approximate surface area is 199 Å². The summed E-state index contributed by atoms with van der Waals surface area (Å²) in [5.41, 5.74) is 6.95. The zero-order valence-corrected chi connectivity index (χ0v) is 20.7. The summed E-state index contributed by atoms with van der Waals surface area (Å²) in [4.78, 5) is 11.9. The first-order chi connectivity index (χ1) is 16.0. The highest BCUT2D eigenvalue weighted by molar-refractivity contribution is 5.74. The molecule has 6 heteroatoms. The van der Waals surface area contributed by atoms with Gasteiger partial charge < -0.3 is 24.5 Å². The van der Waals surface area contributed by atoms with Crippen molar-refractivity contribution >= 4 is 22.7 Å². The second-order valence-electron chi connectivity index (χ2n) is 9.63. The molecule has 4 rings (SSSR count). The van der Waals surface area contributed by atoms with Crippen molar-refractivity contribution in [2.75, 3.05) is 93.1 Å². The fourth-order valence-corrected chi connectivity index (χ4v) is 5.11. The van der Waals surface area contributed by atoms with Crippen molar-refractivity contribution in [3.05, 3.63) is 47.5 Å². The summed E-state index contributed by atoms with van der Waals surface area (Å²) in [7, 11) is 6.35. The van der Waals surface area contributed by atoms with Crippen LogP contribution in [0, 0.1) is 18.3 Å². The lowest BCUT2D eigenvalue weighted by Crippen LogP contribution is -2.47. The number of hydrogen-bond acceptors (Lipinski definition) is 6. The Kier molecular flexibility index (Phi) is 7.29.